The Balaban J connectivity index is 1.84. The van der Waals surface area contributed by atoms with Crippen molar-refractivity contribution in [2.24, 2.45) is 0 Å². The van der Waals surface area contributed by atoms with Crippen LogP contribution in [0.25, 0.3) is 11.0 Å². The summed E-state index contributed by atoms with van der Waals surface area (Å²) in [5.41, 5.74) is 0.996. The van der Waals surface area contributed by atoms with E-state index in [1.165, 1.54) is 22.9 Å². The van der Waals surface area contributed by atoms with Crippen LogP contribution >= 0.6 is 11.6 Å². The van der Waals surface area contributed by atoms with Crippen LogP contribution in [0.4, 0.5) is 5.69 Å². The predicted molar refractivity (Wildman–Crippen MR) is 113 cm³/mol. The second kappa shape index (κ2) is 7.92. The number of benzene rings is 2. The average molecular weight is 423 g/mol. The molecule has 150 valence electrons. The SMILES string of the molecule is O=c1c2ncccc2n(Cc2ccc([N+](=O)[O-])cc2)c(=O)n1Cc1ccc(Cl)cc1. The van der Waals surface area contributed by atoms with E-state index in [0.29, 0.717) is 16.1 Å². The van der Waals surface area contributed by atoms with Gasteiger partial charge in [0.1, 0.15) is 0 Å². The molecule has 2 heterocycles. The molecule has 2 aromatic carbocycles. The standard InChI is InChI=1S/C21H15ClN4O4/c22-16-7-3-14(4-8-16)13-25-20(27)19-18(2-1-11-23-19)24(21(25)28)12-15-5-9-17(10-6-15)26(29)30/h1-11H,12-13H2. The van der Waals surface area contributed by atoms with Gasteiger partial charge in [-0.2, -0.15) is 0 Å². The van der Waals surface area contributed by atoms with Crippen LogP contribution < -0.4 is 11.2 Å². The highest BCUT2D eigenvalue weighted by molar-refractivity contribution is 6.30. The maximum atomic E-state index is 13.2. The molecule has 0 aliphatic heterocycles. The molecule has 30 heavy (non-hydrogen) atoms. The van der Waals surface area contributed by atoms with E-state index in [1.807, 2.05) is 0 Å². The Morgan fingerprint density at radius 1 is 0.900 bits per heavy atom. The van der Waals surface area contributed by atoms with Gasteiger partial charge in [-0.05, 0) is 35.4 Å². The minimum Gasteiger partial charge on any atom is -0.287 e. The zero-order chi connectivity index (χ0) is 21.3. The summed E-state index contributed by atoms with van der Waals surface area (Å²) in [7, 11) is 0. The summed E-state index contributed by atoms with van der Waals surface area (Å²) in [6.45, 7) is 0.210. The fraction of sp³-hybridized carbons (Fsp3) is 0.0952. The van der Waals surface area contributed by atoms with Crippen molar-refractivity contribution >= 4 is 28.3 Å². The third-order valence-corrected chi connectivity index (χ3v) is 4.98. The monoisotopic (exact) mass is 422 g/mol. The molecule has 0 bridgehead atoms. The number of nitro benzene ring substituents is 1. The molecule has 0 N–H and O–H groups in total. The molecule has 0 radical (unpaired) electrons. The first-order valence-electron chi connectivity index (χ1n) is 9.00. The summed E-state index contributed by atoms with van der Waals surface area (Å²) in [5, 5.41) is 11.4. The molecule has 0 aliphatic carbocycles. The Kier molecular flexibility index (Phi) is 5.16. The molecule has 0 fully saturated rings. The van der Waals surface area contributed by atoms with Crippen LogP contribution in [0.3, 0.4) is 0 Å². The van der Waals surface area contributed by atoms with Gasteiger partial charge in [0, 0.05) is 23.4 Å². The lowest BCUT2D eigenvalue weighted by molar-refractivity contribution is -0.384. The minimum absolute atomic E-state index is 0.0367. The quantitative estimate of drug-likeness (QED) is 0.363. The number of halogens is 1. The van der Waals surface area contributed by atoms with Gasteiger partial charge < -0.3 is 0 Å². The molecule has 4 rings (SSSR count). The summed E-state index contributed by atoms with van der Waals surface area (Å²) in [6, 6.07) is 16.1. The summed E-state index contributed by atoms with van der Waals surface area (Å²) in [6.07, 6.45) is 1.50. The van der Waals surface area contributed by atoms with Gasteiger partial charge in [0.2, 0.25) is 0 Å². The van der Waals surface area contributed by atoms with Crippen molar-refractivity contribution in [1.82, 2.24) is 14.1 Å². The lowest BCUT2D eigenvalue weighted by atomic mass is 10.2. The zero-order valence-corrected chi connectivity index (χ0v) is 16.3. The van der Waals surface area contributed by atoms with Crippen LogP contribution in [0.2, 0.25) is 5.02 Å². The lowest BCUT2D eigenvalue weighted by Crippen LogP contribution is -2.40. The largest absolute Gasteiger partial charge is 0.332 e. The van der Waals surface area contributed by atoms with Gasteiger partial charge in [0.15, 0.2) is 5.52 Å². The van der Waals surface area contributed by atoms with Crippen LogP contribution in [-0.4, -0.2) is 19.0 Å². The van der Waals surface area contributed by atoms with E-state index in [4.69, 9.17) is 11.6 Å². The zero-order valence-electron chi connectivity index (χ0n) is 15.6. The van der Waals surface area contributed by atoms with Crippen molar-refractivity contribution in [2.45, 2.75) is 13.1 Å². The first kappa shape index (κ1) is 19.5. The molecule has 9 heteroatoms. The van der Waals surface area contributed by atoms with Crippen LogP contribution in [-0.2, 0) is 13.1 Å². The molecule has 4 aromatic rings. The van der Waals surface area contributed by atoms with Crippen molar-refractivity contribution in [3.8, 4) is 0 Å². The topological polar surface area (TPSA) is 100 Å². The van der Waals surface area contributed by atoms with E-state index >= 15 is 0 Å². The number of nitro groups is 1. The molecule has 0 spiro atoms. The van der Waals surface area contributed by atoms with Gasteiger partial charge >= 0.3 is 5.69 Å². The molecular formula is C21H15ClN4O4. The van der Waals surface area contributed by atoms with Gasteiger partial charge in [-0.15, -0.1) is 0 Å². The number of fused-ring (bicyclic) bond motifs is 1. The number of hydrogen-bond donors (Lipinski definition) is 0. The summed E-state index contributed by atoms with van der Waals surface area (Å²) in [5.74, 6) is 0. The fourth-order valence-corrected chi connectivity index (χ4v) is 3.34. The lowest BCUT2D eigenvalue weighted by Gasteiger charge is -2.14. The predicted octanol–water partition coefficient (Wildman–Crippen LogP) is 3.22. The number of aromatic nitrogens is 3. The Hall–Kier alpha value is -3.78. The molecule has 0 amide bonds. The molecule has 2 aromatic heterocycles. The van der Waals surface area contributed by atoms with E-state index in [2.05, 4.69) is 4.98 Å². The molecule has 8 nitrogen and oxygen atoms in total. The second-order valence-corrected chi connectivity index (χ2v) is 7.12. The average Bonchev–Trinajstić information content (AvgIpc) is 2.76. The second-order valence-electron chi connectivity index (χ2n) is 6.68. The van der Waals surface area contributed by atoms with Gasteiger partial charge in [-0.25, -0.2) is 9.78 Å². The smallest absolute Gasteiger partial charge is 0.287 e. The van der Waals surface area contributed by atoms with E-state index in [-0.39, 0.29) is 24.3 Å². The molecular weight excluding hydrogens is 408 g/mol. The van der Waals surface area contributed by atoms with Crippen LogP contribution in [0.15, 0.2) is 76.4 Å². The van der Waals surface area contributed by atoms with Crippen molar-refractivity contribution in [1.29, 1.82) is 0 Å². The van der Waals surface area contributed by atoms with Crippen LogP contribution in [0.1, 0.15) is 11.1 Å². The van der Waals surface area contributed by atoms with Gasteiger partial charge in [0.25, 0.3) is 11.2 Å². The first-order chi connectivity index (χ1) is 14.4. The molecule has 0 atom stereocenters. The number of pyridine rings is 1. The van der Waals surface area contributed by atoms with E-state index in [9.17, 15) is 19.7 Å². The highest BCUT2D eigenvalue weighted by atomic mass is 35.5. The highest BCUT2D eigenvalue weighted by Crippen LogP contribution is 2.15. The molecule has 0 saturated carbocycles. The summed E-state index contributed by atoms with van der Waals surface area (Å²) >= 11 is 5.91. The first-order valence-corrected chi connectivity index (χ1v) is 9.38. The molecule has 0 saturated heterocycles. The maximum Gasteiger partial charge on any atom is 0.332 e. The number of nitrogens with zero attached hydrogens (tertiary/aromatic N) is 4. The Morgan fingerprint density at radius 2 is 1.50 bits per heavy atom. The van der Waals surface area contributed by atoms with Gasteiger partial charge in [-0.3, -0.25) is 24.0 Å². The van der Waals surface area contributed by atoms with Crippen LogP contribution in [0.5, 0.6) is 0 Å². The van der Waals surface area contributed by atoms with E-state index < -0.39 is 16.2 Å². The highest BCUT2D eigenvalue weighted by Gasteiger charge is 2.15. The third kappa shape index (κ3) is 3.72. The molecule has 0 unspecified atom stereocenters. The van der Waals surface area contributed by atoms with Gasteiger partial charge in [0.05, 0.1) is 23.5 Å². The van der Waals surface area contributed by atoms with Gasteiger partial charge in [-0.1, -0.05) is 35.9 Å². The number of hydrogen-bond acceptors (Lipinski definition) is 5. The van der Waals surface area contributed by atoms with Crippen molar-refractivity contribution in [3.63, 3.8) is 0 Å². The van der Waals surface area contributed by atoms with Crippen molar-refractivity contribution < 1.29 is 4.92 Å². The van der Waals surface area contributed by atoms with Crippen LogP contribution in [0, 0.1) is 10.1 Å². The Bertz CT molecular complexity index is 1360. The number of non-ortho nitro benzene ring substituents is 1. The van der Waals surface area contributed by atoms with Crippen molar-refractivity contribution in [2.75, 3.05) is 0 Å². The Morgan fingerprint density at radius 3 is 2.13 bits per heavy atom. The molecule has 0 aliphatic rings. The third-order valence-electron chi connectivity index (χ3n) is 4.73. The Labute approximate surface area is 174 Å². The normalized spacial score (nSPS) is 11.0. The summed E-state index contributed by atoms with van der Waals surface area (Å²) in [4.78, 5) is 40.7. The number of rotatable bonds is 5. The summed E-state index contributed by atoms with van der Waals surface area (Å²) < 4.78 is 2.57. The van der Waals surface area contributed by atoms with E-state index in [0.717, 1.165) is 10.1 Å². The minimum atomic E-state index is -0.492. The van der Waals surface area contributed by atoms with Crippen molar-refractivity contribution in [3.05, 3.63) is 114 Å². The fourth-order valence-electron chi connectivity index (χ4n) is 3.21. The van der Waals surface area contributed by atoms with E-state index in [1.54, 1.807) is 48.5 Å². The maximum absolute atomic E-state index is 13.2.